The third kappa shape index (κ3) is 2.23. The van der Waals surface area contributed by atoms with E-state index >= 15 is 0 Å². The largest absolute Gasteiger partial charge is 0.338 e. The van der Waals surface area contributed by atoms with Crippen LogP contribution in [-0.4, -0.2) is 33.2 Å². The molecule has 110 valence electrons. The summed E-state index contributed by atoms with van der Waals surface area (Å²) < 4.78 is 1.84. The summed E-state index contributed by atoms with van der Waals surface area (Å²) in [7, 11) is 0. The van der Waals surface area contributed by atoms with Crippen LogP contribution >= 0.6 is 0 Å². The molecular weight excluding hydrogens is 262 g/mol. The molecule has 1 saturated heterocycles. The lowest BCUT2D eigenvalue weighted by molar-refractivity contribution is -0.133. The molecule has 1 aliphatic heterocycles. The van der Waals surface area contributed by atoms with Crippen LogP contribution in [0.5, 0.6) is 0 Å². The molecule has 1 aromatic carbocycles. The molecule has 2 fully saturated rings. The number of para-hydroxylation sites is 1. The Labute approximate surface area is 124 Å². The summed E-state index contributed by atoms with van der Waals surface area (Å²) >= 11 is 0. The number of hydrogen-bond donors (Lipinski definition) is 0. The Morgan fingerprint density at radius 3 is 3.00 bits per heavy atom. The van der Waals surface area contributed by atoms with E-state index in [0.29, 0.717) is 12.6 Å². The normalized spacial score (nSPS) is 25.2. The number of fused-ring (bicyclic) bond motifs is 2. The van der Waals surface area contributed by atoms with Crippen molar-refractivity contribution < 1.29 is 4.79 Å². The van der Waals surface area contributed by atoms with E-state index in [0.717, 1.165) is 23.4 Å². The van der Waals surface area contributed by atoms with E-state index in [1.165, 1.54) is 32.1 Å². The van der Waals surface area contributed by atoms with Gasteiger partial charge in [-0.25, -0.2) is 0 Å². The molecule has 2 aromatic rings. The summed E-state index contributed by atoms with van der Waals surface area (Å²) in [6.45, 7) is 1.31. The Kier molecular flexibility index (Phi) is 3.17. The molecule has 0 N–H and O–H groups in total. The number of benzene rings is 1. The molecule has 1 amide bonds. The van der Waals surface area contributed by atoms with Crippen molar-refractivity contribution in [1.82, 2.24) is 14.7 Å². The number of nitrogens with zero attached hydrogens (tertiary/aromatic N) is 3. The smallest absolute Gasteiger partial charge is 0.244 e. The summed E-state index contributed by atoms with van der Waals surface area (Å²) in [5.41, 5.74) is 1.05. The Morgan fingerprint density at radius 1 is 1.19 bits per heavy atom. The van der Waals surface area contributed by atoms with Gasteiger partial charge >= 0.3 is 0 Å². The standard InChI is InChI=1S/C17H21N3O/c21-17(19-10-9-13-5-1-3-7-15(13)19)12-20-16-8-4-2-6-14(16)11-18-20/h2,4,6,8,11,13,15H,1,3,5,7,9-10,12H2/t13-,15-/m0/s1. The van der Waals surface area contributed by atoms with Crippen molar-refractivity contribution >= 4 is 16.8 Å². The third-order valence-corrected chi connectivity index (χ3v) is 5.17. The topological polar surface area (TPSA) is 38.1 Å². The molecule has 4 nitrogen and oxygen atoms in total. The van der Waals surface area contributed by atoms with Crippen LogP contribution in [-0.2, 0) is 11.3 Å². The van der Waals surface area contributed by atoms with Crippen LogP contribution in [0.4, 0.5) is 0 Å². The van der Waals surface area contributed by atoms with E-state index in [-0.39, 0.29) is 5.91 Å². The molecule has 2 aliphatic rings. The molecule has 0 radical (unpaired) electrons. The van der Waals surface area contributed by atoms with Gasteiger partial charge in [-0.1, -0.05) is 31.0 Å². The second-order valence-electron chi connectivity index (χ2n) is 6.35. The molecule has 4 rings (SSSR count). The lowest BCUT2D eigenvalue weighted by Gasteiger charge is -2.31. The molecule has 0 bridgehead atoms. The minimum atomic E-state index is 0.234. The maximum atomic E-state index is 12.7. The summed E-state index contributed by atoms with van der Waals surface area (Å²) in [5, 5.41) is 5.48. The van der Waals surface area contributed by atoms with Crippen LogP contribution in [0.2, 0.25) is 0 Å². The van der Waals surface area contributed by atoms with Crippen molar-refractivity contribution in [3.8, 4) is 0 Å². The first-order valence-electron chi connectivity index (χ1n) is 8.03. The average molecular weight is 283 g/mol. The zero-order valence-corrected chi connectivity index (χ0v) is 12.2. The first-order chi connectivity index (χ1) is 10.3. The van der Waals surface area contributed by atoms with E-state index in [2.05, 4.69) is 10.00 Å². The SMILES string of the molecule is O=C(Cn1ncc2ccccc21)N1CC[C@@H]2CCCC[C@@H]21. The number of rotatable bonds is 2. The number of likely N-dealkylation sites (tertiary alicyclic amines) is 1. The van der Waals surface area contributed by atoms with Gasteiger partial charge in [0.15, 0.2) is 0 Å². The lowest BCUT2D eigenvalue weighted by atomic mass is 9.85. The second kappa shape index (κ2) is 5.17. The number of carbonyl (C=O) groups excluding carboxylic acids is 1. The monoisotopic (exact) mass is 283 g/mol. The molecule has 1 saturated carbocycles. The van der Waals surface area contributed by atoms with Gasteiger partial charge in [0, 0.05) is 18.0 Å². The fraction of sp³-hybridized carbons (Fsp3) is 0.529. The maximum Gasteiger partial charge on any atom is 0.244 e. The average Bonchev–Trinajstić information content (AvgIpc) is 3.12. The van der Waals surface area contributed by atoms with E-state index in [9.17, 15) is 4.79 Å². The summed E-state index contributed by atoms with van der Waals surface area (Å²) in [6.07, 6.45) is 8.14. The van der Waals surface area contributed by atoms with Gasteiger partial charge in [-0.2, -0.15) is 5.10 Å². The van der Waals surface area contributed by atoms with Crippen molar-refractivity contribution in [2.24, 2.45) is 5.92 Å². The van der Waals surface area contributed by atoms with Gasteiger partial charge < -0.3 is 4.90 Å². The fourth-order valence-corrected chi connectivity index (χ4v) is 4.09. The quantitative estimate of drug-likeness (QED) is 0.850. The van der Waals surface area contributed by atoms with E-state index in [4.69, 9.17) is 0 Å². The van der Waals surface area contributed by atoms with E-state index in [1.54, 1.807) is 0 Å². The van der Waals surface area contributed by atoms with Crippen LogP contribution in [0, 0.1) is 5.92 Å². The van der Waals surface area contributed by atoms with E-state index < -0.39 is 0 Å². The molecule has 2 heterocycles. The Morgan fingerprint density at radius 2 is 2.05 bits per heavy atom. The number of amides is 1. The fourth-order valence-electron chi connectivity index (χ4n) is 4.09. The van der Waals surface area contributed by atoms with Gasteiger partial charge in [0.1, 0.15) is 6.54 Å². The highest BCUT2D eigenvalue weighted by Gasteiger charge is 2.38. The van der Waals surface area contributed by atoms with Gasteiger partial charge in [-0.05, 0) is 31.2 Å². The highest BCUT2D eigenvalue weighted by atomic mass is 16.2. The zero-order valence-electron chi connectivity index (χ0n) is 12.2. The Hall–Kier alpha value is -1.84. The molecule has 2 atom stereocenters. The number of hydrogen-bond acceptors (Lipinski definition) is 2. The molecule has 0 spiro atoms. The van der Waals surface area contributed by atoms with Crippen LogP contribution in [0.25, 0.3) is 10.9 Å². The lowest BCUT2D eigenvalue weighted by Crippen LogP contribution is -2.41. The number of aromatic nitrogens is 2. The van der Waals surface area contributed by atoms with Gasteiger partial charge in [0.2, 0.25) is 5.91 Å². The second-order valence-corrected chi connectivity index (χ2v) is 6.35. The van der Waals surface area contributed by atoms with Crippen LogP contribution < -0.4 is 0 Å². The predicted octanol–water partition coefficient (Wildman–Crippen LogP) is 2.83. The van der Waals surface area contributed by atoms with Crippen LogP contribution in [0.15, 0.2) is 30.5 Å². The number of carbonyl (C=O) groups is 1. The highest BCUT2D eigenvalue weighted by molar-refractivity contribution is 5.82. The van der Waals surface area contributed by atoms with Crippen molar-refractivity contribution in [3.05, 3.63) is 30.5 Å². The summed E-state index contributed by atoms with van der Waals surface area (Å²) in [6, 6.07) is 8.56. The minimum Gasteiger partial charge on any atom is -0.338 e. The Bertz CT molecular complexity index is 663. The van der Waals surface area contributed by atoms with Crippen LogP contribution in [0.3, 0.4) is 0 Å². The molecule has 0 unspecified atom stereocenters. The molecule has 21 heavy (non-hydrogen) atoms. The van der Waals surface area contributed by atoms with Gasteiger partial charge in [-0.15, -0.1) is 0 Å². The van der Waals surface area contributed by atoms with Crippen molar-refractivity contribution in [1.29, 1.82) is 0 Å². The first kappa shape index (κ1) is 12.9. The van der Waals surface area contributed by atoms with Gasteiger partial charge in [-0.3, -0.25) is 9.48 Å². The van der Waals surface area contributed by atoms with Crippen molar-refractivity contribution in [2.45, 2.75) is 44.7 Å². The zero-order chi connectivity index (χ0) is 14.2. The summed E-state index contributed by atoms with van der Waals surface area (Å²) in [4.78, 5) is 14.8. The van der Waals surface area contributed by atoms with Crippen LogP contribution in [0.1, 0.15) is 32.1 Å². The first-order valence-corrected chi connectivity index (χ1v) is 8.03. The van der Waals surface area contributed by atoms with Crippen molar-refractivity contribution in [3.63, 3.8) is 0 Å². The minimum absolute atomic E-state index is 0.234. The predicted molar refractivity (Wildman–Crippen MR) is 81.8 cm³/mol. The summed E-state index contributed by atoms with van der Waals surface area (Å²) in [5.74, 6) is 0.982. The maximum absolute atomic E-state index is 12.7. The van der Waals surface area contributed by atoms with E-state index in [1.807, 2.05) is 35.1 Å². The molecule has 1 aromatic heterocycles. The highest BCUT2D eigenvalue weighted by Crippen LogP contribution is 2.36. The third-order valence-electron chi connectivity index (χ3n) is 5.17. The molecule has 4 heteroatoms. The van der Waals surface area contributed by atoms with Crippen molar-refractivity contribution in [2.75, 3.05) is 6.54 Å². The van der Waals surface area contributed by atoms with Gasteiger partial charge in [0.05, 0.1) is 11.7 Å². The Balaban J connectivity index is 1.53. The molecule has 1 aliphatic carbocycles. The van der Waals surface area contributed by atoms with Gasteiger partial charge in [0.25, 0.3) is 0 Å². The molecular formula is C17H21N3O.